The third-order valence-corrected chi connectivity index (χ3v) is 10.5. The van der Waals surface area contributed by atoms with E-state index in [4.69, 9.17) is 33.2 Å². The maximum absolute atomic E-state index is 13.1. The van der Waals surface area contributed by atoms with Gasteiger partial charge in [0.05, 0.1) is 35.9 Å². The van der Waals surface area contributed by atoms with Crippen LogP contribution in [0.25, 0.3) is 0 Å². The lowest BCUT2D eigenvalue weighted by atomic mass is 9.50. The molecular weight excluding hydrogens is 492 g/mol. The molecule has 0 N–H and O–H groups in total. The van der Waals surface area contributed by atoms with Gasteiger partial charge in [0.1, 0.15) is 30.5 Å². The van der Waals surface area contributed by atoms with Crippen molar-refractivity contribution in [2.75, 3.05) is 13.2 Å². The summed E-state index contributed by atoms with van der Waals surface area (Å²) in [7, 11) is 0. The molecule has 9 heteroatoms. The molecule has 38 heavy (non-hydrogen) atoms. The van der Waals surface area contributed by atoms with Crippen LogP contribution < -0.4 is 0 Å². The molecule has 7 rings (SSSR count). The highest BCUT2D eigenvalue weighted by Crippen LogP contribution is 2.75. The molecule has 9 nitrogen and oxygen atoms in total. The Morgan fingerprint density at radius 1 is 0.947 bits per heavy atom. The number of epoxide rings is 2. The van der Waals surface area contributed by atoms with Crippen molar-refractivity contribution >= 4 is 11.9 Å². The summed E-state index contributed by atoms with van der Waals surface area (Å²) in [6.07, 6.45) is 8.88. The number of hydrogen-bond donors (Lipinski definition) is 0. The van der Waals surface area contributed by atoms with Crippen molar-refractivity contribution in [2.24, 2.45) is 10.8 Å². The minimum Gasteiger partial charge on any atom is -0.462 e. The molecular formula is C29H36O9. The van der Waals surface area contributed by atoms with Crippen molar-refractivity contribution < 1.29 is 42.7 Å². The van der Waals surface area contributed by atoms with E-state index in [0.717, 1.165) is 12.0 Å². The quantitative estimate of drug-likeness (QED) is 0.347. The highest BCUT2D eigenvalue weighted by atomic mass is 16.7. The maximum Gasteiger partial charge on any atom is 0.331 e. The van der Waals surface area contributed by atoms with Crippen LogP contribution in [0.4, 0.5) is 0 Å². The van der Waals surface area contributed by atoms with Crippen molar-refractivity contribution in [3.05, 3.63) is 36.0 Å². The van der Waals surface area contributed by atoms with E-state index in [2.05, 4.69) is 13.8 Å². The average Bonchev–Trinajstić information content (AvgIpc) is 3.74. The third kappa shape index (κ3) is 3.41. The van der Waals surface area contributed by atoms with E-state index in [1.807, 2.05) is 19.9 Å². The van der Waals surface area contributed by atoms with E-state index in [1.54, 1.807) is 12.2 Å². The Bertz CT molecular complexity index is 1140. The summed E-state index contributed by atoms with van der Waals surface area (Å²) in [6, 6.07) is 0. The molecule has 0 aromatic heterocycles. The molecule has 11 unspecified atom stereocenters. The molecule has 5 aliphatic heterocycles. The van der Waals surface area contributed by atoms with Gasteiger partial charge in [-0.05, 0) is 33.6 Å². The number of hydrogen-bond acceptors (Lipinski definition) is 9. The molecule has 4 saturated heterocycles. The molecule has 4 bridgehead atoms. The largest absolute Gasteiger partial charge is 0.462 e. The second-order valence-corrected chi connectivity index (χ2v) is 12.5. The van der Waals surface area contributed by atoms with Crippen molar-refractivity contribution in [2.45, 2.75) is 107 Å². The van der Waals surface area contributed by atoms with Crippen LogP contribution in [0, 0.1) is 10.8 Å². The second kappa shape index (κ2) is 8.24. The first-order chi connectivity index (χ1) is 18.1. The van der Waals surface area contributed by atoms with Gasteiger partial charge in [0.2, 0.25) is 0 Å². The van der Waals surface area contributed by atoms with Crippen molar-refractivity contribution in [1.29, 1.82) is 0 Å². The molecule has 0 amide bonds. The first kappa shape index (κ1) is 25.0. The number of ether oxygens (including phenoxy) is 7. The smallest absolute Gasteiger partial charge is 0.331 e. The normalized spacial score (nSPS) is 56.3. The van der Waals surface area contributed by atoms with Gasteiger partial charge in [0.25, 0.3) is 0 Å². The Balaban J connectivity index is 1.26. The van der Waals surface area contributed by atoms with Crippen LogP contribution in [0.5, 0.6) is 0 Å². The zero-order valence-electron chi connectivity index (χ0n) is 22.3. The zero-order chi connectivity index (χ0) is 26.5. The Morgan fingerprint density at radius 3 is 2.55 bits per heavy atom. The van der Waals surface area contributed by atoms with E-state index in [0.29, 0.717) is 25.9 Å². The maximum atomic E-state index is 13.1. The van der Waals surface area contributed by atoms with E-state index in [-0.39, 0.29) is 42.7 Å². The van der Waals surface area contributed by atoms with Gasteiger partial charge in [-0.2, -0.15) is 0 Å². The summed E-state index contributed by atoms with van der Waals surface area (Å²) in [5, 5.41) is 0. The average molecular weight is 529 g/mol. The predicted molar refractivity (Wildman–Crippen MR) is 132 cm³/mol. The zero-order valence-corrected chi connectivity index (χ0v) is 22.3. The molecule has 206 valence electrons. The molecule has 0 aromatic carbocycles. The Morgan fingerprint density at radius 2 is 1.76 bits per heavy atom. The molecule has 11 atom stereocenters. The van der Waals surface area contributed by atoms with E-state index < -0.39 is 40.8 Å². The van der Waals surface area contributed by atoms with E-state index >= 15 is 0 Å². The Kier molecular flexibility index (Phi) is 5.41. The van der Waals surface area contributed by atoms with Gasteiger partial charge in [-0.25, -0.2) is 9.59 Å². The summed E-state index contributed by atoms with van der Waals surface area (Å²) in [4.78, 5) is 26.1. The second-order valence-electron chi connectivity index (χ2n) is 12.5. The van der Waals surface area contributed by atoms with Gasteiger partial charge in [-0.1, -0.05) is 30.7 Å². The van der Waals surface area contributed by atoms with E-state index in [1.165, 1.54) is 12.2 Å². The minimum absolute atomic E-state index is 0.0888. The molecule has 0 radical (unpaired) electrons. The molecule has 0 aromatic rings. The minimum atomic E-state index is -0.630. The first-order valence-electron chi connectivity index (χ1n) is 13.8. The van der Waals surface area contributed by atoms with Crippen molar-refractivity contribution in [3.8, 4) is 0 Å². The first-order valence-corrected chi connectivity index (χ1v) is 13.8. The molecule has 2 aliphatic carbocycles. The molecule has 7 aliphatic rings. The van der Waals surface area contributed by atoms with Crippen LogP contribution in [0.1, 0.15) is 53.4 Å². The topological polar surface area (TPSA) is 105 Å². The number of cyclic esters (lactones) is 1. The van der Waals surface area contributed by atoms with Gasteiger partial charge < -0.3 is 33.2 Å². The highest BCUT2D eigenvalue weighted by molar-refractivity contribution is 5.83. The lowest BCUT2D eigenvalue weighted by molar-refractivity contribution is -0.250. The number of allylic oxidation sites excluding steroid dienone is 2. The summed E-state index contributed by atoms with van der Waals surface area (Å²) in [5.41, 5.74) is -1.22. The monoisotopic (exact) mass is 528 g/mol. The summed E-state index contributed by atoms with van der Waals surface area (Å²) in [6.45, 7) is 8.74. The number of rotatable bonds is 0. The van der Waals surface area contributed by atoms with E-state index in [9.17, 15) is 9.59 Å². The fraction of sp³-hybridized carbons (Fsp3) is 0.724. The SMILES string of the molecule is C/C1=C/C(=O)OCC23CCC4(C)OC4C2OC2CC(OC(=O)/C=C\C=C/C4OC(C1)OC4C)C3(C)C21CO1. The lowest BCUT2D eigenvalue weighted by Gasteiger charge is -2.58. The van der Waals surface area contributed by atoms with Crippen LogP contribution in [0.2, 0.25) is 0 Å². The summed E-state index contributed by atoms with van der Waals surface area (Å²) >= 11 is 0. The van der Waals surface area contributed by atoms with Gasteiger partial charge in [0.15, 0.2) is 6.29 Å². The molecule has 2 saturated carbocycles. The van der Waals surface area contributed by atoms with Crippen LogP contribution >= 0.6 is 0 Å². The van der Waals surface area contributed by atoms with Gasteiger partial charge in [0, 0.05) is 30.4 Å². The summed E-state index contributed by atoms with van der Waals surface area (Å²) < 4.78 is 43.2. The Labute approximate surface area is 222 Å². The molecule has 5 heterocycles. The van der Waals surface area contributed by atoms with Crippen LogP contribution in [0.15, 0.2) is 36.0 Å². The number of fused-ring (bicyclic) bond motifs is 4. The standard InChI is InChI=1S/C29H36O9/c1-16-11-22(31)32-14-28-10-9-26(3)24(38-26)25(28)37-20-13-19(27(28,4)29(20)15-33-29)36-21(30)8-6-5-7-18-17(2)34-23(12-16)35-18/h5-8,11,17-20,23-25H,9-10,12-15H2,1-4H3/b7-5-,8-6-,16-11-. The number of esters is 2. The summed E-state index contributed by atoms with van der Waals surface area (Å²) in [5.74, 6) is -0.847. The predicted octanol–water partition coefficient (Wildman–Crippen LogP) is 2.92. The van der Waals surface area contributed by atoms with Gasteiger partial charge in [-0.3, -0.25) is 0 Å². The van der Waals surface area contributed by atoms with Crippen LogP contribution in [-0.4, -0.2) is 79.3 Å². The molecule has 2 spiro atoms. The highest BCUT2D eigenvalue weighted by Gasteiger charge is 2.86. The third-order valence-electron chi connectivity index (χ3n) is 10.5. The van der Waals surface area contributed by atoms with Gasteiger partial charge in [-0.15, -0.1) is 0 Å². The number of carbonyl (C=O) groups excluding carboxylic acids is 2. The lowest BCUT2D eigenvalue weighted by Crippen LogP contribution is -2.69. The van der Waals surface area contributed by atoms with Crippen LogP contribution in [-0.2, 0) is 42.7 Å². The number of carbonyl (C=O) groups is 2. The van der Waals surface area contributed by atoms with Gasteiger partial charge >= 0.3 is 11.9 Å². The fourth-order valence-electron chi connectivity index (χ4n) is 8.03. The Hall–Kier alpha value is -2.04. The fourth-order valence-corrected chi connectivity index (χ4v) is 8.03. The van der Waals surface area contributed by atoms with Crippen molar-refractivity contribution in [3.63, 3.8) is 0 Å². The van der Waals surface area contributed by atoms with Crippen LogP contribution in [0.3, 0.4) is 0 Å². The van der Waals surface area contributed by atoms with Crippen molar-refractivity contribution in [1.82, 2.24) is 0 Å². The molecule has 6 fully saturated rings.